The number of ether oxygens (including phenoxy) is 1. The number of carbonyl (C=O) groups is 2. The fraction of sp³-hybridized carbons (Fsp3) is 0.350. The predicted octanol–water partition coefficient (Wildman–Crippen LogP) is 3.96. The molecule has 11 heteroatoms. The molecular formula is C20H22F4N4O3. The van der Waals surface area contributed by atoms with Gasteiger partial charge in [-0.3, -0.25) is 4.79 Å². The molecule has 1 aromatic carbocycles. The molecule has 7 nitrogen and oxygen atoms in total. The Kier molecular flexibility index (Phi) is 8.74. The summed E-state index contributed by atoms with van der Waals surface area (Å²) in [6.45, 7) is 0.195. The molecule has 3 N–H and O–H groups in total. The van der Waals surface area contributed by atoms with Crippen molar-refractivity contribution in [3.05, 3.63) is 53.7 Å². The maximum Gasteiger partial charge on any atom is 0.330 e. The van der Waals surface area contributed by atoms with Gasteiger partial charge in [0.25, 0.3) is 0 Å². The van der Waals surface area contributed by atoms with Crippen LogP contribution in [-0.4, -0.2) is 42.4 Å². The Labute approximate surface area is 176 Å². The molecule has 0 atom stereocenters. The Balaban J connectivity index is 1.72. The fourth-order valence-electron chi connectivity index (χ4n) is 2.32. The third-order valence-corrected chi connectivity index (χ3v) is 3.88. The first-order valence-electron chi connectivity index (χ1n) is 9.26. The molecule has 2 aromatic rings. The van der Waals surface area contributed by atoms with E-state index in [0.29, 0.717) is 17.1 Å². The second kappa shape index (κ2) is 11.3. The molecular weight excluding hydrogens is 420 g/mol. The van der Waals surface area contributed by atoms with Crippen LogP contribution in [0.15, 0.2) is 42.6 Å². The molecule has 1 heterocycles. The summed E-state index contributed by atoms with van der Waals surface area (Å²) in [6.07, 6.45) is -2.17. The van der Waals surface area contributed by atoms with Crippen LogP contribution in [0.3, 0.4) is 0 Å². The molecule has 0 spiro atoms. The lowest BCUT2D eigenvalue weighted by Gasteiger charge is -2.15. The van der Waals surface area contributed by atoms with Crippen LogP contribution in [0.25, 0.3) is 0 Å². The zero-order chi connectivity index (χ0) is 22.9. The minimum Gasteiger partial charge on any atom is -0.370 e. The van der Waals surface area contributed by atoms with E-state index in [4.69, 9.17) is 0 Å². The average Bonchev–Trinajstić information content (AvgIpc) is 2.70. The number of pyridine rings is 1. The average molecular weight is 442 g/mol. The number of benzene rings is 1. The van der Waals surface area contributed by atoms with Crippen LogP contribution in [0.4, 0.5) is 33.9 Å². The van der Waals surface area contributed by atoms with Crippen LogP contribution in [0.5, 0.6) is 0 Å². The standard InChI is InChI=1S/C20H22F4N4O3/c1-13-5-6-16(26-10-13)28-17(29)7-8-25-19(30)27-15-4-2-3-14(9-15)11-31-12-20(23,24)18(21)22/h2-6,9-10,18H,7-8,11-12H2,1H3,(H2,25,27,30)(H,26,28,29). The lowest BCUT2D eigenvalue weighted by Crippen LogP contribution is -2.32. The highest BCUT2D eigenvalue weighted by molar-refractivity contribution is 5.91. The van der Waals surface area contributed by atoms with Crippen LogP contribution in [0.1, 0.15) is 17.5 Å². The summed E-state index contributed by atoms with van der Waals surface area (Å²) in [4.78, 5) is 27.8. The van der Waals surface area contributed by atoms with Gasteiger partial charge in [-0.25, -0.2) is 18.6 Å². The van der Waals surface area contributed by atoms with Crippen LogP contribution < -0.4 is 16.0 Å². The lowest BCUT2D eigenvalue weighted by molar-refractivity contribution is -0.168. The van der Waals surface area contributed by atoms with E-state index < -0.39 is 25.0 Å². The molecule has 0 aliphatic heterocycles. The third kappa shape index (κ3) is 8.59. The molecule has 0 bridgehead atoms. The van der Waals surface area contributed by atoms with Crippen molar-refractivity contribution in [2.45, 2.75) is 32.3 Å². The van der Waals surface area contributed by atoms with Crippen LogP contribution in [0.2, 0.25) is 0 Å². The number of nitrogens with zero attached hydrogens (tertiary/aromatic N) is 1. The number of aryl methyl sites for hydroxylation is 1. The van der Waals surface area contributed by atoms with Crippen molar-refractivity contribution < 1.29 is 31.9 Å². The molecule has 0 aliphatic rings. The lowest BCUT2D eigenvalue weighted by atomic mass is 10.2. The number of hydrogen-bond acceptors (Lipinski definition) is 4. The number of anilines is 2. The largest absolute Gasteiger partial charge is 0.370 e. The fourth-order valence-corrected chi connectivity index (χ4v) is 2.32. The second-order valence-corrected chi connectivity index (χ2v) is 6.65. The van der Waals surface area contributed by atoms with Gasteiger partial charge in [0.05, 0.1) is 6.61 Å². The number of halogens is 4. The maximum atomic E-state index is 12.8. The Morgan fingerprint density at radius 1 is 1.16 bits per heavy atom. The number of urea groups is 1. The maximum absolute atomic E-state index is 12.8. The molecule has 0 aliphatic carbocycles. The smallest absolute Gasteiger partial charge is 0.330 e. The molecule has 3 amide bonds. The van der Waals surface area contributed by atoms with Crippen LogP contribution in [0, 0.1) is 6.92 Å². The van der Waals surface area contributed by atoms with E-state index in [1.807, 2.05) is 6.92 Å². The van der Waals surface area contributed by atoms with Gasteiger partial charge in [-0.05, 0) is 36.2 Å². The Morgan fingerprint density at radius 3 is 2.61 bits per heavy atom. The van der Waals surface area contributed by atoms with E-state index in [-0.39, 0.29) is 25.5 Å². The molecule has 168 valence electrons. The molecule has 0 saturated heterocycles. The number of carbonyl (C=O) groups excluding carboxylic acids is 2. The number of aromatic nitrogens is 1. The zero-order valence-corrected chi connectivity index (χ0v) is 16.6. The van der Waals surface area contributed by atoms with E-state index in [9.17, 15) is 27.2 Å². The number of amides is 3. The second-order valence-electron chi connectivity index (χ2n) is 6.65. The van der Waals surface area contributed by atoms with Crippen LogP contribution in [-0.2, 0) is 16.1 Å². The highest BCUT2D eigenvalue weighted by Crippen LogP contribution is 2.23. The Hall–Kier alpha value is -3.21. The monoisotopic (exact) mass is 442 g/mol. The van der Waals surface area contributed by atoms with Crippen molar-refractivity contribution in [1.29, 1.82) is 0 Å². The van der Waals surface area contributed by atoms with Crippen molar-refractivity contribution in [1.82, 2.24) is 10.3 Å². The molecule has 0 radical (unpaired) electrons. The van der Waals surface area contributed by atoms with Crippen molar-refractivity contribution in [3.63, 3.8) is 0 Å². The first kappa shape index (κ1) is 24.1. The minimum atomic E-state index is -4.22. The molecule has 0 saturated carbocycles. The topological polar surface area (TPSA) is 92.4 Å². The first-order valence-corrected chi connectivity index (χ1v) is 9.26. The molecule has 2 rings (SSSR count). The Morgan fingerprint density at radius 2 is 1.94 bits per heavy atom. The van der Waals surface area contributed by atoms with E-state index in [2.05, 4.69) is 25.7 Å². The molecule has 0 unspecified atom stereocenters. The van der Waals surface area contributed by atoms with Gasteiger partial charge >= 0.3 is 18.4 Å². The van der Waals surface area contributed by atoms with Gasteiger partial charge in [0.1, 0.15) is 12.4 Å². The first-order chi connectivity index (χ1) is 14.7. The molecule has 1 aromatic heterocycles. The predicted molar refractivity (Wildman–Crippen MR) is 106 cm³/mol. The number of rotatable bonds is 10. The molecule has 0 fully saturated rings. The summed E-state index contributed by atoms with van der Waals surface area (Å²) in [5, 5.41) is 7.63. The highest BCUT2D eigenvalue weighted by Gasteiger charge is 2.40. The zero-order valence-electron chi connectivity index (χ0n) is 16.6. The van der Waals surface area contributed by atoms with Gasteiger partial charge in [0, 0.05) is 24.8 Å². The van der Waals surface area contributed by atoms with Crippen molar-refractivity contribution >= 4 is 23.4 Å². The van der Waals surface area contributed by atoms with Gasteiger partial charge in [0.15, 0.2) is 0 Å². The number of nitrogens with one attached hydrogen (secondary N) is 3. The Bertz CT molecular complexity index is 879. The van der Waals surface area contributed by atoms with Crippen molar-refractivity contribution in [2.75, 3.05) is 23.8 Å². The summed E-state index contributed by atoms with van der Waals surface area (Å²) < 4.78 is 54.5. The summed E-state index contributed by atoms with van der Waals surface area (Å²) in [6, 6.07) is 8.97. The van der Waals surface area contributed by atoms with Gasteiger partial charge in [-0.15, -0.1) is 0 Å². The van der Waals surface area contributed by atoms with Gasteiger partial charge in [-0.1, -0.05) is 18.2 Å². The minimum absolute atomic E-state index is 0.0230. The molecule has 31 heavy (non-hydrogen) atoms. The summed E-state index contributed by atoms with van der Waals surface area (Å²) >= 11 is 0. The van der Waals surface area contributed by atoms with Crippen molar-refractivity contribution in [3.8, 4) is 0 Å². The van der Waals surface area contributed by atoms with Gasteiger partial charge in [-0.2, -0.15) is 8.78 Å². The summed E-state index contributed by atoms with van der Waals surface area (Å²) in [5.41, 5.74) is 1.71. The SMILES string of the molecule is Cc1ccc(NC(=O)CCNC(=O)Nc2cccc(COCC(F)(F)C(F)F)c2)nc1. The van der Waals surface area contributed by atoms with E-state index in [1.165, 1.54) is 12.1 Å². The quantitative estimate of drug-likeness (QED) is 0.486. The van der Waals surface area contributed by atoms with Gasteiger partial charge in [0.2, 0.25) is 5.91 Å². The number of hydrogen-bond donors (Lipinski definition) is 3. The van der Waals surface area contributed by atoms with E-state index >= 15 is 0 Å². The summed E-state index contributed by atoms with van der Waals surface area (Å²) in [7, 11) is 0. The van der Waals surface area contributed by atoms with Crippen molar-refractivity contribution in [2.24, 2.45) is 0 Å². The summed E-state index contributed by atoms with van der Waals surface area (Å²) in [5.74, 6) is -4.14. The van der Waals surface area contributed by atoms with E-state index in [1.54, 1.807) is 30.5 Å². The van der Waals surface area contributed by atoms with Gasteiger partial charge < -0.3 is 20.7 Å². The number of alkyl halides is 4. The van der Waals surface area contributed by atoms with E-state index in [0.717, 1.165) is 5.56 Å². The van der Waals surface area contributed by atoms with Crippen LogP contribution >= 0.6 is 0 Å². The highest BCUT2D eigenvalue weighted by atomic mass is 19.3. The third-order valence-electron chi connectivity index (χ3n) is 3.88. The normalized spacial score (nSPS) is 11.3.